The maximum absolute atomic E-state index is 6.06. The third-order valence-corrected chi connectivity index (χ3v) is 4.26. The molecule has 0 aliphatic carbocycles. The Kier molecular flexibility index (Phi) is 2.92. The molecule has 2 aliphatic heterocycles. The maximum Gasteiger partial charge on any atom is 0.137 e. The Balaban J connectivity index is 1.82. The Labute approximate surface area is 107 Å². The summed E-state index contributed by atoms with van der Waals surface area (Å²) in [5, 5.41) is 0.573. The van der Waals surface area contributed by atoms with E-state index in [-0.39, 0.29) is 0 Å². The van der Waals surface area contributed by atoms with Gasteiger partial charge in [0.2, 0.25) is 0 Å². The number of aromatic nitrogens is 2. The molecule has 3 heterocycles. The molecule has 3 rings (SSSR count). The van der Waals surface area contributed by atoms with E-state index in [9.17, 15) is 0 Å². The Morgan fingerprint density at radius 3 is 3.06 bits per heavy atom. The summed E-state index contributed by atoms with van der Waals surface area (Å²) in [7, 11) is 0. The lowest BCUT2D eigenvalue weighted by Crippen LogP contribution is -2.50. The molecule has 2 aliphatic rings. The van der Waals surface area contributed by atoms with Gasteiger partial charge in [-0.05, 0) is 26.3 Å². The zero-order valence-corrected chi connectivity index (χ0v) is 10.8. The first-order valence-electron chi connectivity index (χ1n) is 6.22. The molecule has 17 heavy (non-hydrogen) atoms. The van der Waals surface area contributed by atoms with E-state index >= 15 is 0 Å². The van der Waals surface area contributed by atoms with Crippen LogP contribution in [0.2, 0.25) is 5.15 Å². The van der Waals surface area contributed by atoms with Crippen LogP contribution in [0, 0.1) is 6.92 Å². The third kappa shape index (κ3) is 2.00. The summed E-state index contributed by atoms with van der Waals surface area (Å²) in [6, 6.07) is 0.705. The highest BCUT2D eigenvalue weighted by molar-refractivity contribution is 6.30. The van der Waals surface area contributed by atoms with Crippen molar-refractivity contribution in [2.75, 3.05) is 31.1 Å². The van der Waals surface area contributed by atoms with Crippen molar-refractivity contribution in [1.29, 1.82) is 0 Å². The lowest BCUT2D eigenvalue weighted by molar-refractivity contribution is 0.230. The molecule has 1 aromatic rings. The van der Waals surface area contributed by atoms with E-state index in [1.54, 1.807) is 6.33 Å². The average molecular weight is 253 g/mol. The van der Waals surface area contributed by atoms with Crippen LogP contribution in [0.1, 0.15) is 18.4 Å². The fourth-order valence-corrected chi connectivity index (χ4v) is 3.05. The molecule has 1 unspecified atom stereocenters. The first kappa shape index (κ1) is 11.2. The van der Waals surface area contributed by atoms with Crippen LogP contribution in [0.4, 0.5) is 5.82 Å². The number of anilines is 1. The molecule has 92 valence electrons. The SMILES string of the molecule is Cc1c(Cl)ncnc1N1CCN2CCCC2C1. The van der Waals surface area contributed by atoms with Gasteiger partial charge in [-0.1, -0.05) is 11.6 Å². The molecular weight excluding hydrogens is 236 g/mol. The van der Waals surface area contributed by atoms with E-state index in [1.165, 1.54) is 19.4 Å². The third-order valence-electron chi connectivity index (χ3n) is 3.88. The van der Waals surface area contributed by atoms with Crippen molar-refractivity contribution < 1.29 is 0 Å². The molecule has 2 saturated heterocycles. The molecule has 1 atom stereocenters. The number of halogens is 1. The zero-order valence-electron chi connectivity index (χ0n) is 10.1. The molecule has 0 radical (unpaired) electrons. The van der Waals surface area contributed by atoms with E-state index in [0.717, 1.165) is 31.0 Å². The van der Waals surface area contributed by atoms with Crippen molar-refractivity contribution in [3.05, 3.63) is 17.0 Å². The Morgan fingerprint density at radius 1 is 1.29 bits per heavy atom. The number of piperazine rings is 1. The van der Waals surface area contributed by atoms with Crippen LogP contribution >= 0.6 is 11.6 Å². The fraction of sp³-hybridized carbons (Fsp3) is 0.667. The second-order valence-corrected chi connectivity index (χ2v) is 5.25. The van der Waals surface area contributed by atoms with E-state index in [0.29, 0.717) is 11.2 Å². The summed E-state index contributed by atoms with van der Waals surface area (Å²) in [6.07, 6.45) is 4.21. The van der Waals surface area contributed by atoms with Crippen LogP contribution in [-0.4, -0.2) is 47.1 Å². The summed E-state index contributed by atoms with van der Waals surface area (Å²) < 4.78 is 0. The van der Waals surface area contributed by atoms with E-state index in [1.807, 2.05) is 6.92 Å². The minimum atomic E-state index is 0.573. The van der Waals surface area contributed by atoms with Gasteiger partial charge in [0, 0.05) is 31.2 Å². The standard InChI is InChI=1S/C12H17ClN4/c1-9-11(13)14-8-15-12(9)17-6-5-16-4-2-3-10(16)7-17/h8,10H,2-7H2,1H3. The highest BCUT2D eigenvalue weighted by atomic mass is 35.5. The summed E-state index contributed by atoms with van der Waals surface area (Å²) in [5.74, 6) is 1.01. The summed E-state index contributed by atoms with van der Waals surface area (Å²) in [5.41, 5.74) is 1.00. The molecule has 4 nitrogen and oxygen atoms in total. The first-order chi connectivity index (χ1) is 8.25. The highest BCUT2D eigenvalue weighted by Gasteiger charge is 2.31. The molecule has 0 N–H and O–H groups in total. The van der Waals surface area contributed by atoms with Gasteiger partial charge in [0.1, 0.15) is 17.3 Å². The van der Waals surface area contributed by atoms with Crippen molar-refractivity contribution in [1.82, 2.24) is 14.9 Å². The topological polar surface area (TPSA) is 32.3 Å². The highest BCUT2D eigenvalue weighted by Crippen LogP contribution is 2.27. The molecule has 0 aromatic carbocycles. The van der Waals surface area contributed by atoms with Crippen molar-refractivity contribution >= 4 is 17.4 Å². The lowest BCUT2D eigenvalue weighted by Gasteiger charge is -2.38. The van der Waals surface area contributed by atoms with Crippen molar-refractivity contribution in [3.8, 4) is 0 Å². The van der Waals surface area contributed by atoms with Crippen LogP contribution in [0.5, 0.6) is 0 Å². The van der Waals surface area contributed by atoms with Gasteiger partial charge in [-0.3, -0.25) is 4.90 Å². The number of nitrogens with zero attached hydrogens (tertiary/aromatic N) is 4. The lowest BCUT2D eigenvalue weighted by atomic mass is 10.1. The van der Waals surface area contributed by atoms with E-state index < -0.39 is 0 Å². The predicted molar refractivity (Wildman–Crippen MR) is 68.6 cm³/mol. The molecular formula is C12H17ClN4. The van der Waals surface area contributed by atoms with Crippen molar-refractivity contribution in [2.45, 2.75) is 25.8 Å². The van der Waals surface area contributed by atoms with Crippen LogP contribution in [0.15, 0.2) is 6.33 Å². The Hall–Kier alpha value is -0.870. The number of fused-ring (bicyclic) bond motifs is 1. The quantitative estimate of drug-likeness (QED) is 0.713. The number of hydrogen-bond acceptors (Lipinski definition) is 4. The molecule has 0 bridgehead atoms. The first-order valence-corrected chi connectivity index (χ1v) is 6.59. The van der Waals surface area contributed by atoms with E-state index in [2.05, 4.69) is 19.8 Å². The number of hydrogen-bond donors (Lipinski definition) is 0. The molecule has 0 saturated carbocycles. The second-order valence-electron chi connectivity index (χ2n) is 4.89. The average Bonchev–Trinajstić information content (AvgIpc) is 2.79. The molecule has 5 heteroatoms. The molecule has 1 aromatic heterocycles. The second kappa shape index (κ2) is 4.42. The molecule has 0 spiro atoms. The Bertz CT molecular complexity index is 423. The van der Waals surface area contributed by atoms with Gasteiger partial charge in [0.25, 0.3) is 0 Å². The largest absolute Gasteiger partial charge is 0.353 e. The van der Waals surface area contributed by atoms with Crippen LogP contribution in [0.3, 0.4) is 0 Å². The maximum atomic E-state index is 6.06. The van der Waals surface area contributed by atoms with Crippen molar-refractivity contribution in [2.24, 2.45) is 0 Å². The van der Waals surface area contributed by atoms with Gasteiger partial charge in [-0.2, -0.15) is 0 Å². The van der Waals surface area contributed by atoms with Crippen LogP contribution in [-0.2, 0) is 0 Å². The van der Waals surface area contributed by atoms with Gasteiger partial charge >= 0.3 is 0 Å². The summed E-state index contributed by atoms with van der Waals surface area (Å²) in [6.45, 7) is 6.53. The van der Waals surface area contributed by atoms with Crippen LogP contribution in [0.25, 0.3) is 0 Å². The predicted octanol–water partition coefficient (Wildman–Crippen LogP) is 1.72. The minimum Gasteiger partial charge on any atom is -0.353 e. The summed E-state index contributed by atoms with van der Waals surface area (Å²) in [4.78, 5) is 13.4. The van der Waals surface area contributed by atoms with Gasteiger partial charge in [0.15, 0.2) is 0 Å². The van der Waals surface area contributed by atoms with Gasteiger partial charge < -0.3 is 4.90 Å². The van der Waals surface area contributed by atoms with E-state index in [4.69, 9.17) is 11.6 Å². The van der Waals surface area contributed by atoms with Gasteiger partial charge in [-0.15, -0.1) is 0 Å². The number of rotatable bonds is 1. The normalized spacial score (nSPS) is 25.1. The Morgan fingerprint density at radius 2 is 2.18 bits per heavy atom. The summed E-state index contributed by atoms with van der Waals surface area (Å²) >= 11 is 6.06. The minimum absolute atomic E-state index is 0.573. The fourth-order valence-electron chi connectivity index (χ4n) is 2.92. The molecule has 2 fully saturated rings. The van der Waals surface area contributed by atoms with Gasteiger partial charge in [-0.25, -0.2) is 9.97 Å². The van der Waals surface area contributed by atoms with Crippen molar-refractivity contribution in [3.63, 3.8) is 0 Å². The van der Waals surface area contributed by atoms with Gasteiger partial charge in [0.05, 0.1) is 0 Å². The monoisotopic (exact) mass is 252 g/mol. The molecule has 0 amide bonds. The van der Waals surface area contributed by atoms with Crippen LogP contribution < -0.4 is 4.90 Å². The smallest absolute Gasteiger partial charge is 0.137 e. The zero-order chi connectivity index (χ0) is 11.8.